The Balaban J connectivity index is 3.68. The minimum Gasteiger partial charge on any atom is -0.388 e. The predicted octanol–water partition coefficient (Wildman–Crippen LogP) is 1.32. The van der Waals surface area contributed by atoms with Crippen molar-refractivity contribution >= 4 is 5.84 Å². The van der Waals surface area contributed by atoms with E-state index in [-0.39, 0.29) is 5.84 Å². The van der Waals surface area contributed by atoms with Gasteiger partial charge in [-0.1, -0.05) is 13.8 Å². The first-order valence-corrected chi connectivity index (χ1v) is 6.68. The van der Waals surface area contributed by atoms with Crippen LogP contribution in [0.25, 0.3) is 0 Å². The summed E-state index contributed by atoms with van der Waals surface area (Å²) >= 11 is 0. The van der Waals surface area contributed by atoms with Crippen LogP contribution in [0.4, 0.5) is 0 Å². The predicted molar refractivity (Wildman–Crippen MR) is 75.1 cm³/mol. The van der Waals surface area contributed by atoms with Crippen LogP contribution < -0.4 is 5.73 Å². The maximum Gasteiger partial charge on any atom is 0.0918 e. The monoisotopic (exact) mass is 259 g/mol. The Hall–Kier alpha value is -0.650. The largest absolute Gasteiger partial charge is 0.388 e. The van der Waals surface area contributed by atoms with E-state index in [1.165, 1.54) is 0 Å². The summed E-state index contributed by atoms with van der Waals surface area (Å²) in [5.74, 6) is 0.895. The normalized spacial score (nSPS) is 11.4. The molecular weight excluding hydrogens is 230 g/mol. The Labute approximate surface area is 111 Å². The van der Waals surface area contributed by atoms with Gasteiger partial charge in [0.05, 0.1) is 19.0 Å². The maximum absolute atomic E-state index is 7.27. The molecule has 0 amide bonds. The second-order valence-electron chi connectivity index (χ2n) is 4.93. The number of nitrogens with zero attached hydrogens (tertiary/aromatic N) is 1. The number of hydrogen-bond acceptors (Lipinski definition) is 4. The molecular formula is C13H29N3O2. The first-order valence-electron chi connectivity index (χ1n) is 6.68. The van der Waals surface area contributed by atoms with Crippen molar-refractivity contribution in [3.05, 3.63) is 0 Å². The van der Waals surface area contributed by atoms with Crippen LogP contribution in [0.1, 0.15) is 26.7 Å². The molecule has 0 aliphatic heterocycles. The molecule has 0 heterocycles. The first-order chi connectivity index (χ1) is 8.56. The number of nitrogens with two attached hydrogens (primary N) is 1. The summed E-state index contributed by atoms with van der Waals surface area (Å²) in [5.41, 5.74) is 5.40. The second-order valence-corrected chi connectivity index (χ2v) is 4.93. The van der Waals surface area contributed by atoms with Crippen molar-refractivity contribution in [2.75, 3.05) is 46.6 Å². The number of hydrogen-bond donors (Lipinski definition) is 2. The molecule has 0 atom stereocenters. The zero-order chi connectivity index (χ0) is 13.8. The fourth-order valence-electron chi connectivity index (χ4n) is 1.72. The van der Waals surface area contributed by atoms with Gasteiger partial charge in [-0.3, -0.25) is 5.41 Å². The molecule has 0 rings (SSSR count). The summed E-state index contributed by atoms with van der Waals surface area (Å²) in [7, 11) is 1.68. The standard InChI is InChI=1S/C13H29N3O2/c1-12(2)11-16(7-5-13(14)15)6-4-8-18-10-9-17-3/h12H,4-11H2,1-3H3,(H3,14,15). The van der Waals surface area contributed by atoms with Crippen molar-refractivity contribution in [3.63, 3.8) is 0 Å². The lowest BCUT2D eigenvalue weighted by atomic mass is 10.2. The lowest BCUT2D eigenvalue weighted by Gasteiger charge is -2.24. The van der Waals surface area contributed by atoms with Gasteiger partial charge in [0.1, 0.15) is 0 Å². The highest BCUT2D eigenvalue weighted by atomic mass is 16.5. The highest BCUT2D eigenvalue weighted by Crippen LogP contribution is 2.01. The molecule has 0 saturated carbocycles. The zero-order valence-corrected chi connectivity index (χ0v) is 12.1. The number of methoxy groups -OCH3 is 1. The van der Waals surface area contributed by atoms with Crippen molar-refractivity contribution in [2.45, 2.75) is 26.7 Å². The topological polar surface area (TPSA) is 71.6 Å². The van der Waals surface area contributed by atoms with E-state index in [0.717, 1.165) is 32.7 Å². The summed E-state index contributed by atoms with van der Waals surface area (Å²) in [5, 5.41) is 7.27. The molecule has 0 radical (unpaired) electrons. The second kappa shape index (κ2) is 11.4. The van der Waals surface area contributed by atoms with Crippen LogP contribution in [-0.4, -0.2) is 57.3 Å². The van der Waals surface area contributed by atoms with Gasteiger partial charge in [0.2, 0.25) is 0 Å². The Morgan fingerprint density at radius 3 is 2.50 bits per heavy atom. The third-order valence-electron chi connectivity index (χ3n) is 2.52. The molecule has 5 nitrogen and oxygen atoms in total. The Morgan fingerprint density at radius 2 is 1.94 bits per heavy atom. The lowest BCUT2D eigenvalue weighted by Crippen LogP contribution is -2.32. The fraction of sp³-hybridized carbons (Fsp3) is 0.923. The van der Waals surface area contributed by atoms with Gasteiger partial charge in [-0.25, -0.2) is 0 Å². The molecule has 0 aliphatic carbocycles. The Kier molecular flexibility index (Phi) is 11.0. The van der Waals surface area contributed by atoms with Crippen LogP contribution in [-0.2, 0) is 9.47 Å². The molecule has 0 fully saturated rings. The highest BCUT2D eigenvalue weighted by molar-refractivity contribution is 5.76. The van der Waals surface area contributed by atoms with Gasteiger partial charge in [0.15, 0.2) is 0 Å². The summed E-state index contributed by atoms with van der Waals surface area (Å²) in [4.78, 5) is 2.35. The Morgan fingerprint density at radius 1 is 1.22 bits per heavy atom. The van der Waals surface area contributed by atoms with Crippen LogP contribution in [0.5, 0.6) is 0 Å². The van der Waals surface area contributed by atoms with Crippen molar-refractivity contribution in [1.29, 1.82) is 5.41 Å². The van der Waals surface area contributed by atoms with Crippen LogP contribution in [0.15, 0.2) is 0 Å². The molecule has 5 heteroatoms. The van der Waals surface area contributed by atoms with Gasteiger partial charge in [-0.05, 0) is 12.3 Å². The lowest BCUT2D eigenvalue weighted by molar-refractivity contribution is 0.0648. The molecule has 0 aromatic rings. The molecule has 0 aromatic carbocycles. The SMILES string of the molecule is COCCOCCCN(CCC(=N)N)CC(C)C. The number of ether oxygens (including phenoxy) is 2. The summed E-state index contributed by atoms with van der Waals surface area (Å²) in [6.07, 6.45) is 1.66. The summed E-state index contributed by atoms with van der Waals surface area (Å²) in [6, 6.07) is 0. The third kappa shape index (κ3) is 11.8. The average Bonchev–Trinajstić information content (AvgIpc) is 2.29. The van der Waals surface area contributed by atoms with E-state index < -0.39 is 0 Å². The molecule has 0 aliphatic rings. The van der Waals surface area contributed by atoms with Crippen molar-refractivity contribution in [2.24, 2.45) is 11.7 Å². The molecule has 18 heavy (non-hydrogen) atoms. The minimum atomic E-state index is 0.264. The third-order valence-corrected chi connectivity index (χ3v) is 2.52. The van der Waals surface area contributed by atoms with E-state index in [9.17, 15) is 0 Å². The molecule has 0 spiro atoms. The zero-order valence-electron chi connectivity index (χ0n) is 12.1. The molecule has 0 aromatic heterocycles. The van der Waals surface area contributed by atoms with E-state index in [0.29, 0.717) is 25.6 Å². The number of nitrogens with one attached hydrogen (secondary N) is 1. The smallest absolute Gasteiger partial charge is 0.0918 e. The van der Waals surface area contributed by atoms with E-state index in [1.54, 1.807) is 7.11 Å². The summed E-state index contributed by atoms with van der Waals surface area (Å²) < 4.78 is 10.4. The highest BCUT2D eigenvalue weighted by Gasteiger charge is 2.07. The van der Waals surface area contributed by atoms with Gasteiger partial charge < -0.3 is 20.1 Å². The quantitative estimate of drug-likeness (QED) is 0.315. The first kappa shape index (κ1) is 17.4. The summed E-state index contributed by atoms with van der Waals surface area (Å²) in [6.45, 7) is 9.40. The van der Waals surface area contributed by atoms with Gasteiger partial charge >= 0.3 is 0 Å². The van der Waals surface area contributed by atoms with E-state index in [2.05, 4.69) is 18.7 Å². The van der Waals surface area contributed by atoms with Crippen LogP contribution >= 0.6 is 0 Å². The van der Waals surface area contributed by atoms with Crippen molar-refractivity contribution < 1.29 is 9.47 Å². The Bertz CT molecular complexity index is 210. The van der Waals surface area contributed by atoms with E-state index >= 15 is 0 Å². The number of rotatable bonds is 12. The molecule has 0 unspecified atom stereocenters. The van der Waals surface area contributed by atoms with Gasteiger partial charge in [-0.15, -0.1) is 0 Å². The van der Waals surface area contributed by atoms with Gasteiger partial charge in [-0.2, -0.15) is 0 Å². The fourth-order valence-corrected chi connectivity index (χ4v) is 1.72. The average molecular weight is 259 g/mol. The van der Waals surface area contributed by atoms with Crippen molar-refractivity contribution in [1.82, 2.24) is 4.90 Å². The van der Waals surface area contributed by atoms with Crippen LogP contribution in [0.3, 0.4) is 0 Å². The van der Waals surface area contributed by atoms with Crippen molar-refractivity contribution in [3.8, 4) is 0 Å². The number of amidine groups is 1. The molecule has 108 valence electrons. The van der Waals surface area contributed by atoms with Gasteiger partial charge in [0, 0.05) is 39.8 Å². The maximum atomic E-state index is 7.27. The van der Waals surface area contributed by atoms with Crippen LogP contribution in [0.2, 0.25) is 0 Å². The molecule has 3 N–H and O–H groups in total. The molecule has 0 saturated heterocycles. The molecule has 0 bridgehead atoms. The minimum absolute atomic E-state index is 0.264. The van der Waals surface area contributed by atoms with E-state index in [1.807, 2.05) is 0 Å². The van der Waals surface area contributed by atoms with Gasteiger partial charge in [0.25, 0.3) is 0 Å². The van der Waals surface area contributed by atoms with E-state index in [4.69, 9.17) is 20.6 Å². The van der Waals surface area contributed by atoms with Crippen LogP contribution in [0, 0.1) is 11.3 Å².